The maximum atomic E-state index is 12.4. The molecule has 0 bridgehead atoms. The summed E-state index contributed by atoms with van der Waals surface area (Å²) in [4.78, 5) is 40.3. The molecule has 6 rings (SSSR count). The lowest BCUT2D eigenvalue weighted by atomic mass is 9.98. The Labute approximate surface area is 332 Å². The lowest BCUT2D eigenvalue weighted by Crippen LogP contribution is -2.60. The Morgan fingerprint density at radius 2 is 1.02 bits per heavy atom. The maximum Gasteiger partial charge on any atom is 0.410 e. The van der Waals surface area contributed by atoms with E-state index in [4.69, 9.17) is 41.6 Å². The van der Waals surface area contributed by atoms with Crippen molar-refractivity contribution in [1.82, 2.24) is 19.6 Å². The van der Waals surface area contributed by atoms with Gasteiger partial charge in [0.2, 0.25) is 11.4 Å². The molecule has 0 saturated carbocycles. The van der Waals surface area contributed by atoms with Crippen molar-refractivity contribution in [3.8, 4) is 11.5 Å². The van der Waals surface area contributed by atoms with Crippen LogP contribution in [-0.4, -0.2) is 135 Å². The highest BCUT2D eigenvalue weighted by molar-refractivity contribution is 5.69. The molecule has 0 aliphatic carbocycles. The van der Waals surface area contributed by atoms with E-state index in [2.05, 4.69) is 19.5 Å². The van der Waals surface area contributed by atoms with Gasteiger partial charge < -0.3 is 38.2 Å². The zero-order chi connectivity index (χ0) is 40.9. The van der Waals surface area contributed by atoms with E-state index in [0.717, 1.165) is 48.4 Å². The van der Waals surface area contributed by atoms with Crippen molar-refractivity contribution in [2.45, 2.75) is 90.9 Å². The first-order valence-electron chi connectivity index (χ1n) is 19.2. The highest BCUT2D eigenvalue weighted by Gasteiger charge is 2.39. The summed E-state index contributed by atoms with van der Waals surface area (Å²) in [7, 11) is 3.16. The number of benzene rings is 2. The van der Waals surface area contributed by atoms with E-state index in [1.54, 1.807) is 24.0 Å². The highest BCUT2D eigenvalue weighted by atomic mass is 16.6. The van der Waals surface area contributed by atoms with Crippen LogP contribution in [0.15, 0.2) is 24.3 Å². The first-order chi connectivity index (χ1) is 26.5. The number of carbonyl (C=O) groups is 2. The summed E-state index contributed by atoms with van der Waals surface area (Å²) in [6.07, 6.45) is -0.699. The zero-order valence-electron chi connectivity index (χ0n) is 34.6. The molecule has 4 saturated heterocycles. The fourth-order valence-corrected chi connectivity index (χ4v) is 7.62. The summed E-state index contributed by atoms with van der Waals surface area (Å²) < 4.78 is 33.9. The van der Waals surface area contributed by atoms with Gasteiger partial charge >= 0.3 is 12.2 Å². The summed E-state index contributed by atoms with van der Waals surface area (Å²) >= 11 is 0. The fraction of sp³-hybridized carbons (Fsp3) is 0.619. The molecule has 0 radical (unpaired) electrons. The molecule has 4 heterocycles. The molecule has 0 unspecified atom stereocenters. The van der Waals surface area contributed by atoms with Crippen LogP contribution in [-0.2, 0) is 18.9 Å². The van der Waals surface area contributed by atoms with Crippen LogP contribution >= 0.6 is 0 Å². The Balaban J connectivity index is 0.000000214. The molecule has 0 aromatic heterocycles. The van der Waals surface area contributed by atoms with E-state index < -0.39 is 11.2 Å². The minimum absolute atomic E-state index is 0.0873. The third-order valence-corrected chi connectivity index (χ3v) is 10.5. The number of nitrogens with zero attached hydrogens (tertiary/aromatic N) is 6. The van der Waals surface area contributed by atoms with E-state index in [-0.39, 0.29) is 36.5 Å². The van der Waals surface area contributed by atoms with Gasteiger partial charge in [0.15, 0.2) is 0 Å². The number of rotatable bonds is 4. The number of ether oxygens (including phenoxy) is 6. The van der Waals surface area contributed by atoms with Gasteiger partial charge in [0, 0.05) is 52.4 Å². The minimum atomic E-state index is -0.491. The topological polar surface area (TPSA) is 111 Å². The predicted octanol–water partition coefficient (Wildman–Crippen LogP) is 7.09. The Bertz CT molecular complexity index is 1690. The molecule has 2 amide bonds. The van der Waals surface area contributed by atoms with Gasteiger partial charge in [0.05, 0.1) is 64.9 Å². The molecule has 2 aromatic carbocycles. The number of methoxy groups -OCH3 is 2. The molecule has 304 valence electrons. The Morgan fingerprint density at radius 3 is 1.34 bits per heavy atom. The monoisotopic (exact) mass is 774 g/mol. The number of piperazine rings is 2. The minimum Gasteiger partial charge on any atom is -0.508 e. The molecular weight excluding hydrogens is 716 g/mol. The zero-order valence-corrected chi connectivity index (χ0v) is 34.6. The van der Waals surface area contributed by atoms with E-state index in [0.29, 0.717) is 62.3 Å². The molecule has 14 nitrogen and oxygen atoms in total. The van der Waals surface area contributed by atoms with Crippen molar-refractivity contribution in [1.29, 1.82) is 0 Å². The molecule has 2 aromatic rings. The van der Waals surface area contributed by atoms with Crippen LogP contribution in [0.2, 0.25) is 0 Å². The summed E-state index contributed by atoms with van der Waals surface area (Å²) in [6.45, 7) is 36.7. The van der Waals surface area contributed by atoms with Crippen molar-refractivity contribution in [2.24, 2.45) is 0 Å². The third-order valence-electron chi connectivity index (χ3n) is 10.5. The molecule has 56 heavy (non-hydrogen) atoms. The Kier molecular flexibility index (Phi) is 13.4. The second-order valence-corrected chi connectivity index (χ2v) is 16.7. The van der Waals surface area contributed by atoms with Crippen molar-refractivity contribution in [3.63, 3.8) is 0 Å². The fourth-order valence-electron chi connectivity index (χ4n) is 7.62. The lowest BCUT2D eigenvalue weighted by molar-refractivity contribution is -0.0909. The number of hydrogen-bond acceptors (Lipinski definition) is 10. The van der Waals surface area contributed by atoms with Crippen LogP contribution in [0.4, 0.5) is 21.0 Å². The molecule has 14 heteroatoms. The predicted molar refractivity (Wildman–Crippen MR) is 212 cm³/mol. The van der Waals surface area contributed by atoms with Gasteiger partial charge in [-0.05, 0) is 89.8 Å². The van der Waals surface area contributed by atoms with Crippen molar-refractivity contribution < 1.29 is 38.0 Å². The third kappa shape index (κ3) is 10.0. The van der Waals surface area contributed by atoms with Gasteiger partial charge in [-0.1, -0.05) is 12.1 Å². The summed E-state index contributed by atoms with van der Waals surface area (Å²) in [6, 6.07) is 7.99. The SMILES string of the molecule is [C-]#[N+]c1c(OC)ccc([C@@H]2CN3CCN(C(=O)OC(C)(C)C)C[C@H]3CO2)c1C.[C-]#[N+]c1c(OC)ccc([C@H]2CN3CCN(C(=O)OC(C)(C)C)C[C@H]3CO2)c1C. The van der Waals surface area contributed by atoms with Crippen molar-refractivity contribution in [2.75, 3.05) is 79.8 Å². The van der Waals surface area contributed by atoms with E-state index in [1.807, 2.05) is 79.7 Å². The number of morpholine rings is 2. The first-order valence-corrected chi connectivity index (χ1v) is 19.2. The second-order valence-electron chi connectivity index (χ2n) is 16.7. The van der Waals surface area contributed by atoms with Gasteiger partial charge in [-0.2, -0.15) is 0 Å². The second kappa shape index (κ2) is 17.7. The van der Waals surface area contributed by atoms with Gasteiger partial charge in [-0.25, -0.2) is 19.3 Å². The molecule has 4 aliphatic heterocycles. The maximum absolute atomic E-state index is 12.4. The molecule has 4 fully saturated rings. The standard InChI is InChI=1S/2C21H29N3O4/c2*1-14-16(7-8-17(26-6)19(14)22-5)18-12-23-9-10-24(11-15(23)13-27-18)20(25)28-21(2,3)4/h2*7-8,15,18H,9-13H2,1-4,6H3/t15-,18+;15-,18-/m00/s1. The van der Waals surface area contributed by atoms with E-state index in [1.165, 1.54) is 0 Å². The lowest BCUT2D eigenvalue weighted by Gasteiger charge is -2.46. The van der Waals surface area contributed by atoms with E-state index >= 15 is 0 Å². The molecule has 4 atom stereocenters. The number of carbonyl (C=O) groups excluding carboxylic acids is 2. The van der Waals surface area contributed by atoms with Crippen LogP contribution in [0.25, 0.3) is 9.69 Å². The summed E-state index contributed by atoms with van der Waals surface area (Å²) in [5, 5.41) is 0. The number of hydrogen-bond donors (Lipinski definition) is 0. The summed E-state index contributed by atoms with van der Waals surface area (Å²) in [5.41, 5.74) is 3.97. The van der Waals surface area contributed by atoms with Crippen LogP contribution < -0.4 is 9.47 Å². The van der Waals surface area contributed by atoms with Crippen LogP contribution in [0.3, 0.4) is 0 Å². The average Bonchev–Trinajstić information content (AvgIpc) is 3.15. The van der Waals surface area contributed by atoms with Crippen molar-refractivity contribution in [3.05, 3.63) is 69.4 Å². The van der Waals surface area contributed by atoms with E-state index in [9.17, 15) is 9.59 Å². The number of amides is 2. The number of fused-ring (bicyclic) bond motifs is 2. The summed E-state index contributed by atoms with van der Waals surface area (Å²) in [5.74, 6) is 1.19. The van der Waals surface area contributed by atoms with Gasteiger partial charge in [-0.15, -0.1) is 0 Å². The molecule has 0 N–H and O–H groups in total. The average molecular weight is 775 g/mol. The normalized spacial score (nSPS) is 22.9. The van der Waals surface area contributed by atoms with Crippen LogP contribution in [0, 0.1) is 27.0 Å². The molecule has 4 aliphatic rings. The largest absolute Gasteiger partial charge is 0.508 e. The van der Waals surface area contributed by atoms with Crippen LogP contribution in [0.1, 0.15) is 76.0 Å². The Hall–Kier alpha value is -4.60. The van der Waals surface area contributed by atoms with Gasteiger partial charge in [-0.3, -0.25) is 9.80 Å². The Morgan fingerprint density at radius 1 is 0.643 bits per heavy atom. The first kappa shape index (κ1) is 42.5. The smallest absolute Gasteiger partial charge is 0.410 e. The van der Waals surface area contributed by atoms with Gasteiger partial charge in [0.25, 0.3) is 0 Å². The van der Waals surface area contributed by atoms with Gasteiger partial charge in [0.1, 0.15) is 22.7 Å². The van der Waals surface area contributed by atoms with Crippen molar-refractivity contribution >= 4 is 23.6 Å². The quantitative estimate of drug-likeness (QED) is 0.299. The molecular formula is C42H58N6O8. The van der Waals surface area contributed by atoms with Crippen LogP contribution in [0.5, 0.6) is 11.5 Å². The highest BCUT2D eigenvalue weighted by Crippen LogP contribution is 2.40. The molecule has 0 spiro atoms.